The highest BCUT2D eigenvalue weighted by Gasteiger charge is 2.16. The highest BCUT2D eigenvalue weighted by Crippen LogP contribution is 2.34. The molecule has 0 aromatic heterocycles. The summed E-state index contributed by atoms with van der Waals surface area (Å²) in [4.78, 5) is 0. The molecule has 0 bridgehead atoms. The SMILES string of the molecule is CCCC1CC=C(c2ccc(-c3ccc(CC)cc3)c(F)c2)CC1. The standard InChI is InChI=1S/C23H27F/c1-3-5-18-8-10-19(11-9-18)21-14-15-22(23(24)16-21)20-12-6-17(4-2)7-13-20/h6-7,10,12-16,18H,3-5,8-9,11H2,1-2H3. The fraction of sp³-hybridized carbons (Fsp3) is 0.391. The molecule has 1 unspecified atom stereocenters. The molecule has 1 heteroatoms. The highest BCUT2D eigenvalue weighted by atomic mass is 19.1. The van der Waals surface area contributed by atoms with E-state index in [1.807, 2.05) is 18.2 Å². The molecule has 0 spiro atoms. The number of allylic oxidation sites excluding steroid dienone is 2. The highest BCUT2D eigenvalue weighted by molar-refractivity contribution is 5.71. The van der Waals surface area contributed by atoms with E-state index in [-0.39, 0.29) is 5.82 Å². The fourth-order valence-corrected chi connectivity index (χ4v) is 3.69. The van der Waals surface area contributed by atoms with Crippen molar-refractivity contribution in [1.82, 2.24) is 0 Å². The molecule has 0 saturated carbocycles. The summed E-state index contributed by atoms with van der Waals surface area (Å²) in [6.45, 7) is 4.38. The Labute approximate surface area is 145 Å². The van der Waals surface area contributed by atoms with Crippen LogP contribution >= 0.6 is 0 Å². The number of aryl methyl sites for hydroxylation is 1. The van der Waals surface area contributed by atoms with Gasteiger partial charge in [-0.25, -0.2) is 4.39 Å². The molecule has 126 valence electrons. The van der Waals surface area contributed by atoms with Gasteiger partial charge in [0.15, 0.2) is 0 Å². The summed E-state index contributed by atoms with van der Waals surface area (Å²) < 4.78 is 14.6. The number of halogens is 1. The van der Waals surface area contributed by atoms with Crippen LogP contribution in [0, 0.1) is 11.7 Å². The molecule has 0 radical (unpaired) electrons. The lowest BCUT2D eigenvalue weighted by Crippen LogP contribution is -2.05. The van der Waals surface area contributed by atoms with Crippen LogP contribution in [0.15, 0.2) is 48.5 Å². The first-order chi connectivity index (χ1) is 11.7. The van der Waals surface area contributed by atoms with Crippen LogP contribution in [-0.2, 0) is 6.42 Å². The van der Waals surface area contributed by atoms with E-state index in [0.717, 1.165) is 36.3 Å². The van der Waals surface area contributed by atoms with Gasteiger partial charge in [-0.05, 0) is 59.9 Å². The minimum atomic E-state index is -0.117. The van der Waals surface area contributed by atoms with Crippen molar-refractivity contribution in [2.75, 3.05) is 0 Å². The first kappa shape index (κ1) is 17.0. The minimum Gasteiger partial charge on any atom is -0.206 e. The Morgan fingerprint density at radius 2 is 1.75 bits per heavy atom. The molecule has 1 aliphatic carbocycles. The van der Waals surface area contributed by atoms with Crippen LogP contribution in [0.25, 0.3) is 16.7 Å². The van der Waals surface area contributed by atoms with Gasteiger partial charge in [-0.15, -0.1) is 0 Å². The van der Waals surface area contributed by atoms with Gasteiger partial charge in [-0.3, -0.25) is 0 Å². The van der Waals surface area contributed by atoms with Gasteiger partial charge in [0.1, 0.15) is 5.82 Å². The van der Waals surface area contributed by atoms with Crippen molar-refractivity contribution >= 4 is 5.57 Å². The zero-order valence-corrected chi connectivity index (χ0v) is 14.8. The van der Waals surface area contributed by atoms with Gasteiger partial charge in [-0.1, -0.05) is 69.2 Å². The lowest BCUT2D eigenvalue weighted by Gasteiger charge is -2.22. The van der Waals surface area contributed by atoms with Crippen molar-refractivity contribution in [3.63, 3.8) is 0 Å². The zero-order valence-electron chi connectivity index (χ0n) is 14.8. The topological polar surface area (TPSA) is 0 Å². The first-order valence-corrected chi connectivity index (χ1v) is 9.29. The molecule has 0 aliphatic heterocycles. The molecule has 0 nitrogen and oxygen atoms in total. The molecule has 0 N–H and O–H groups in total. The Hall–Kier alpha value is -1.89. The van der Waals surface area contributed by atoms with Gasteiger partial charge in [0.05, 0.1) is 0 Å². The van der Waals surface area contributed by atoms with Crippen LogP contribution in [0.2, 0.25) is 0 Å². The molecule has 24 heavy (non-hydrogen) atoms. The predicted octanol–water partition coefficient (Wildman–Crippen LogP) is 7.04. The molecule has 0 fully saturated rings. The number of benzene rings is 2. The van der Waals surface area contributed by atoms with Gasteiger partial charge in [0.2, 0.25) is 0 Å². The molecule has 0 heterocycles. The van der Waals surface area contributed by atoms with Crippen LogP contribution in [0.5, 0.6) is 0 Å². The van der Waals surface area contributed by atoms with E-state index >= 15 is 0 Å². The average molecular weight is 322 g/mol. The second-order valence-corrected chi connectivity index (χ2v) is 6.90. The van der Waals surface area contributed by atoms with Crippen LogP contribution in [0.4, 0.5) is 4.39 Å². The van der Waals surface area contributed by atoms with Gasteiger partial charge < -0.3 is 0 Å². The normalized spacial score (nSPS) is 17.6. The molecule has 0 amide bonds. The maximum atomic E-state index is 14.6. The maximum Gasteiger partial charge on any atom is 0.131 e. The summed E-state index contributed by atoms with van der Waals surface area (Å²) in [6.07, 6.45) is 9.36. The third-order valence-corrected chi connectivity index (χ3v) is 5.23. The zero-order chi connectivity index (χ0) is 16.9. The van der Waals surface area contributed by atoms with Crippen molar-refractivity contribution in [2.24, 2.45) is 5.92 Å². The monoisotopic (exact) mass is 322 g/mol. The summed E-state index contributed by atoms with van der Waals surface area (Å²) in [5, 5.41) is 0. The Kier molecular flexibility index (Phi) is 5.50. The van der Waals surface area contributed by atoms with Crippen molar-refractivity contribution in [3.05, 3.63) is 65.5 Å². The smallest absolute Gasteiger partial charge is 0.131 e. The summed E-state index contributed by atoms with van der Waals surface area (Å²) in [5.41, 5.74) is 5.30. The minimum absolute atomic E-state index is 0.117. The van der Waals surface area contributed by atoms with E-state index in [0.29, 0.717) is 5.56 Å². The van der Waals surface area contributed by atoms with E-state index in [1.54, 1.807) is 6.07 Å². The number of hydrogen-bond donors (Lipinski definition) is 0. The molecule has 3 rings (SSSR count). The summed E-state index contributed by atoms with van der Waals surface area (Å²) in [6, 6.07) is 13.9. The molecule has 2 aromatic carbocycles. The molecular formula is C23H27F. The maximum absolute atomic E-state index is 14.6. The van der Waals surface area contributed by atoms with Crippen molar-refractivity contribution in [3.8, 4) is 11.1 Å². The van der Waals surface area contributed by atoms with Crippen LogP contribution in [-0.4, -0.2) is 0 Å². The van der Waals surface area contributed by atoms with E-state index in [9.17, 15) is 4.39 Å². The van der Waals surface area contributed by atoms with E-state index < -0.39 is 0 Å². The van der Waals surface area contributed by atoms with Gasteiger partial charge in [0, 0.05) is 5.56 Å². The third kappa shape index (κ3) is 3.77. The molecule has 1 atom stereocenters. The van der Waals surface area contributed by atoms with Crippen LogP contribution in [0.1, 0.15) is 57.1 Å². The van der Waals surface area contributed by atoms with E-state index in [4.69, 9.17) is 0 Å². The van der Waals surface area contributed by atoms with E-state index in [1.165, 1.54) is 30.4 Å². The summed E-state index contributed by atoms with van der Waals surface area (Å²) >= 11 is 0. The van der Waals surface area contributed by atoms with Crippen molar-refractivity contribution in [2.45, 2.75) is 52.4 Å². The Morgan fingerprint density at radius 1 is 1.00 bits per heavy atom. The lowest BCUT2D eigenvalue weighted by molar-refractivity contribution is 0.445. The van der Waals surface area contributed by atoms with Crippen molar-refractivity contribution in [1.29, 1.82) is 0 Å². The quantitative estimate of drug-likeness (QED) is 0.554. The Morgan fingerprint density at radius 3 is 2.33 bits per heavy atom. The second kappa shape index (κ2) is 7.79. The summed E-state index contributed by atoms with van der Waals surface area (Å²) in [5.74, 6) is 0.702. The van der Waals surface area contributed by atoms with Crippen LogP contribution < -0.4 is 0 Å². The average Bonchev–Trinajstić information content (AvgIpc) is 2.63. The third-order valence-electron chi connectivity index (χ3n) is 5.23. The van der Waals surface area contributed by atoms with Gasteiger partial charge >= 0.3 is 0 Å². The number of rotatable bonds is 5. The van der Waals surface area contributed by atoms with Crippen molar-refractivity contribution < 1.29 is 4.39 Å². The number of hydrogen-bond acceptors (Lipinski definition) is 0. The second-order valence-electron chi connectivity index (χ2n) is 6.90. The molecular weight excluding hydrogens is 295 g/mol. The molecule has 1 aliphatic rings. The van der Waals surface area contributed by atoms with E-state index in [2.05, 4.69) is 38.1 Å². The predicted molar refractivity (Wildman–Crippen MR) is 101 cm³/mol. The Bertz CT molecular complexity index is 709. The first-order valence-electron chi connectivity index (χ1n) is 9.29. The molecule has 2 aromatic rings. The largest absolute Gasteiger partial charge is 0.206 e. The Balaban J connectivity index is 1.80. The van der Waals surface area contributed by atoms with Gasteiger partial charge in [0.25, 0.3) is 0 Å². The van der Waals surface area contributed by atoms with Crippen LogP contribution in [0.3, 0.4) is 0 Å². The van der Waals surface area contributed by atoms with Gasteiger partial charge in [-0.2, -0.15) is 0 Å². The fourth-order valence-electron chi connectivity index (χ4n) is 3.69. The molecule has 0 saturated heterocycles. The summed E-state index contributed by atoms with van der Waals surface area (Å²) in [7, 11) is 0. The lowest BCUT2D eigenvalue weighted by atomic mass is 9.84.